The summed E-state index contributed by atoms with van der Waals surface area (Å²) in [5.74, 6) is -4.16. The molecule has 3 unspecified atom stereocenters. The molecule has 5 aliphatic rings. The molecule has 13 nitrogen and oxygen atoms in total. The molecule has 5 amide bonds. The Labute approximate surface area is 365 Å². The summed E-state index contributed by atoms with van der Waals surface area (Å²) in [6, 6.07) is 22.8. The normalized spacial score (nSPS) is 25.0. The number of hydrogen-bond acceptors (Lipinski definition) is 8. The first-order chi connectivity index (χ1) is 30.1. The van der Waals surface area contributed by atoms with Crippen molar-refractivity contribution in [3.63, 3.8) is 0 Å². The number of rotatable bonds is 10. The molecule has 0 radical (unpaired) electrons. The Morgan fingerprint density at radius 1 is 0.742 bits per heavy atom. The molecule has 1 aliphatic carbocycles. The Balaban J connectivity index is 1.20. The lowest BCUT2D eigenvalue weighted by molar-refractivity contribution is -0.146. The largest absolute Gasteiger partial charge is 0.484 e. The number of carboxylic acid groups (broad SMARTS) is 1. The maximum atomic E-state index is 14.6. The number of benzene rings is 3. The number of allylic oxidation sites excluding steroid dienone is 3. The minimum Gasteiger partial charge on any atom is -0.484 e. The van der Waals surface area contributed by atoms with Gasteiger partial charge in [-0.3, -0.25) is 28.8 Å². The summed E-state index contributed by atoms with van der Waals surface area (Å²) < 4.78 is 5.87. The van der Waals surface area contributed by atoms with Crippen LogP contribution in [0.15, 0.2) is 120 Å². The number of amides is 5. The van der Waals surface area contributed by atoms with Crippen molar-refractivity contribution in [1.82, 2.24) is 26.2 Å². The van der Waals surface area contributed by atoms with Crippen molar-refractivity contribution in [2.24, 2.45) is 11.8 Å². The second-order valence-corrected chi connectivity index (χ2v) is 17.4. The molecule has 14 heteroatoms. The number of ether oxygens (including phenoxy) is 1. The molecule has 3 aromatic carbocycles. The highest BCUT2D eigenvalue weighted by Crippen LogP contribution is 2.29. The highest BCUT2D eigenvalue weighted by atomic mass is 32.2. The highest BCUT2D eigenvalue weighted by Gasteiger charge is 2.38. The molecule has 8 rings (SSSR count). The Kier molecular flexibility index (Phi) is 14.9. The van der Waals surface area contributed by atoms with Gasteiger partial charge in [0, 0.05) is 30.7 Å². The molecule has 2 bridgehead atoms. The van der Waals surface area contributed by atoms with E-state index in [0.717, 1.165) is 28.7 Å². The van der Waals surface area contributed by atoms with E-state index >= 15 is 0 Å². The first kappa shape index (κ1) is 43.9. The number of carboxylic acids is 1. The first-order valence-electron chi connectivity index (χ1n) is 21.3. The molecule has 0 aromatic heterocycles. The minimum absolute atomic E-state index is 0.0359. The molecule has 6 atom stereocenters. The van der Waals surface area contributed by atoms with E-state index in [4.69, 9.17) is 4.74 Å². The smallest absolute Gasteiger partial charge is 0.306 e. The van der Waals surface area contributed by atoms with Crippen LogP contribution in [-0.4, -0.2) is 94.6 Å². The van der Waals surface area contributed by atoms with Gasteiger partial charge >= 0.3 is 5.97 Å². The van der Waals surface area contributed by atoms with Gasteiger partial charge in [0.1, 0.15) is 29.9 Å². The summed E-state index contributed by atoms with van der Waals surface area (Å²) in [5.41, 5.74) is 3.71. The van der Waals surface area contributed by atoms with Crippen LogP contribution in [0.25, 0.3) is 11.1 Å². The summed E-state index contributed by atoms with van der Waals surface area (Å²) in [4.78, 5) is 84.5. The third-order valence-electron chi connectivity index (χ3n) is 11.9. The van der Waals surface area contributed by atoms with E-state index in [9.17, 15) is 33.9 Å². The number of piperidine rings is 1. The molecule has 4 aliphatic heterocycles. The van der Waals surface area contributed by atoms with Gasteiger partial charge in [-0.15, -0.1) is 11.8 Å². The fourth-order valence-corrected chi connectivity index (χ4v) is 9.23. The standard InChI is InChI=1S/C48H53N5O8S/c54-42-30-61-37-20-18-35(19-21-37)43(47(58)53-25-23-36(24-26-53)48(59)60)52-44(55)39(22-15-31-8-3-1-4-9-31)50-45(56)40(51-46(57)41(49-42)29-38-12-7-27-62-38)28-32-13-16-34(17-14-32)33-10-5-2-6-11-33/h1-11,13-14,16-18,20-21,27,35-36,38-41,43H,12,15,19,22-26,28-30H2,(H,49,54)(H,50,56)(H,51,57)(H,52,55)(H,59,60)/t35?,38?,39-,40+,41-,43?/m1/s1. The topological polar surface area (TPSA) is 183 Å². The predicted molar refractivity (Wildman–Crippen MR) is 236 cm³/mol. The summed E-state index contributed by atoms with van der Waals surface area (Å²) in [7, 11) is 0. The molecule has 1 saturated heterocycles. The van der Waals surface area contributed by atoms with Crippen molar-refractivity contribution in [2.45, 2.75) is 80.8 Å². The predicted octanol–water partition coefficient (Wildman–Crippen LogP) is 4.69. The van der Waals surface area contributed by atoms with Crippen molar-refractivity contribution in [3.8, 4) is 11.1 Å². The number of carbonyl (C=O) groups excluding carboxylic acids is 5. The molecule has 1 fully saturated rings. The number of fused-ring (bicyclic) bond motifs is 14. The van der Waals surface area contributed by atoms with Crippen LogP contribution in [0, 0.1) is 11.8 Å². The van der Waals surface area contributed by atoms with Gasteiger partial charge in [0.2, 0.25) is 23.6 Å². The third-order valence-corrected chi connectivity index (χ3v) is 13.0. The summed E-state index contributed by atoms with van der Waals surface area (Å²) in [5, 5.41) is 23.3. The van der Waals surface area contributed by atoms with Crippen molar-refractivity contribution in [1.29, 1.82) is 0 Å². The van der Waals surface area contributed by atoms with Gasteiger partial charge in [-0.2, -0.15) is 0 Å². The Morgan fingerprint density at radius 2 is 1.40 bits per heavy atom. The zero-order valence-electron chi connectivity index (χ0n) is 34.4. The van der Waals surface area contributed by atoms with Gasteiger partial charge < -0.3 is 36.0 Å². The number of likely N-dealkylation sites (tertiary alicyclic amines) is 1. The van der Waals surface area contributed by atoms with Gasteiger partial charge in [0.25, 0.3) is 5.91 Å². The van der Waals surface area contributed by atoms with Crippen LogP contribution in [-0.2, 0) is 46.3 Å². The molecule has 5 N–H and O–H groups in total. The fourth-order valence-electron chi connectivity index (χ4n) is 8.26. The number of thioether (sulfide) groups is 1. The molecule has 0 saturated carbocycles. The summed E-state index contributed by atoms with van der Waals surface area (Å²) >= 11 is 1.58. The lowest BCUT2D eigenvalue weighted by Crippen LogP contribution is -2.60. The lowest BCUT2D eigenvalue weighted by atomic mass is 9.89. The Bertz CT molecular complexity index is 2160. The van der Waals surface area contributed by atoms with Crippen LogP contribution in [0.2, 0.25) is 0 Å². The molecular formula is C48H53N5O8S. The Hall–Kier alpha value is -6.15. The van der Waals surface area contributed by atoms with E-state index in [1.807, 2.05) is 96.4 Å². The third kappa shape index (κ3) is 11.8. The zero-order chi connectivity index (χ0) is 43.4. The minimum atomic E-state index is -1.15. The van der Waals surface area contributed by atoms with Crippen LogP contribution >= 0.6 is 11.8 Å². The average Bonchev–Trinajstić information content (AvgIpc) is 3.82. The SMILES string of the molecule is O=C1COC2=CCC(C=C2)C(C(=O)N2CCC(C(=O)O)CC2)NC(=O)[C@@H](CCc2ccccc2)NC(=O)[C@H](Cc2ccc(-c3ccccc3)cc2)NC(=O)[C@@H](CC2CC=CS2)N1. The fraction of sp³-hybridized carbons (Fsp3) is 0.375. The van der Waals surface area contributed by atoms with Crippen molar-refractivity contribution in [2.75, 3.05) is 19.7 Å². The summed E-state index contributed by atoms with van der Waals surface area (Å²) in [6.07, 6.45) is 9.78. The van der Waals surface area contributed by atoms with Crippen LogP contribution in [0.4, 0.5) is 0 Å². The van der Waals surface area contributed by atoms with E-state index in [-0.39, 0.29) is 56.5 Å². The van der Waals surface area contributed by atoms with Crippen molar-refractivity contribution in [3.05, 3.63) is 132 Å². The molecule has 0 spiro atoms. The van der Waals surface area contributed by atoms with Gasteiger partial charge in [-0.05, 0) is 84.8 Å². The second kappa shape index (κ2) is 21.1. The van der Waals surface area contributed by atoms with Gasteiger partial charge in [0.05, 0.1) is 5.92 Å². The van der Waals surface area contributed by atoms with Gasteiger partial charge in [0.15, 0.2) is 6.61 Å². The van der Waals surface area contributed by atoms with Crippen molar-refractivity contribution >= 4 is 47.3 Å². The number of hydrogen-bond donors (Lipinski definition) is 5. The summed E-state index contributed by atoms with van der Waals surface area (Å²) in [6.45, 7) is 0.0620. The van der Waals surface area contributed by atoms with Gasteiger partial charge in [-0.25, -0.2) is 0 Å². The zero-order valence-corrected chi connectivity index (χ0v) is 35.3. The maximum absolute atomic E-state index is 14.6. The number of carbonyl (C=O) groups is 6. The van der Waals surface area contributed by atoms with E-state index in [0.29, 0.717) is 25.0 Å². The Morgan fingerprint density at radius 3 is 2.06 bits per heavy atom. The number of aryl methyl sites for hydroxylation is 1. The number of aliphatic carboxylic acids is 1. The lowest BCUT2D eigenvalue weighted by Gasteiger charge is -2.36. The van der Waals surface area contributed by atoms with Gasteiger partial charge in [-0.1, -0.05) is 97.1 Å². The molecule has 3 aromatic rings. The quantitative estimate of drug-likeness (QED) is 0.181. The first-order valence-corrected chi connectivity index (χ1v) is 22.3. The van der Waals surface area contributed by atoms with Crippen molar-refractivity contribution < 1.29 is 38.6 Å². The van der Waals surface area contributed by atoms with E-state index < -0.39 is 65.6 Å². The van der Waals surface area contributed by atoms with Crippen LogP contribution in [0.5, 0.6) is 0 Å². The van der Waals surface area contributed by atoms with E-state index in [2.05, 4.69) is 21.3 Å². The van der Waals surface area contributed by atoms with E-state index in [1.54, 1.807) is 34.9 Å². The van der Waals surface area contributed by atoms with E-state index in [1.165, 1.54) is 0 Å². The molecule has 324 valence electrons. The average molecular weight is 860 g/mol. The number of nitrogens with zero attached hydrogens (tertiary/aromatic N) is 1. The second-order valence-electron chi connectivity index (χ2n) is 16.2. The monoisotopic (exact) mass is 859 g/mol. The molecule has 4 heterocycles. The molecular weight excluding hydrogens is 807 g/mol. The maximum Gasteiger partial charge on any atom is 0.306 e. The van der Waals surface area contributed by atoms with Crippen LogP contribution in [0.1, 0.15) is 49.7 Å². The highest BCUT2D eigenvalue weighted by molar-refractivity contribution is 8.03. The van der Waals surface area contributed by atoms with Crippen LogP contribution in [0.3, 0.4) is 0 Å². The molecule has 62 heavy (non-hydrogen) atoms. The van der Waals surface area contributed by atoms with Crippen LogP contribution < -0.4 is 21.3 Å². The number of nitrogens with one attached hydrogen (secondary N) is 4.